The lowest BCUT2D eigenvalue weighted by Crippen LogP contribution is -2.44. The predicted octanol–water partition coefficient (Wildman–Crippen LogP) is 3.96. The Labute approximate surface area is 156 Å². The first-order valence-corrected chi connectivity index (χ1v) is 9.56. The average Bonchev–Trinajstić information content (AvgIpc) is 2.68. The van der Waals surface area contributed by atoms with Crippen LogP contribution in [0.15, 0.2) is 54.6 Å². The van der Waals surface area contributed by atoms with Gasteiger partial charge in [0.05, 0.1) is 5.92 Å². The lowest BCUT2D eigenvalue weighted by atomic mass is 9.93. The van der Waals surface area contributed by atoms with Crippen molar-refractivity contribution in [2.75, 3.05) is 43.4 Å². The number of hydrogen-bond acceptors (Lipinski definition) is 3. The molecule has 2 aromatic rings. The predicted molar refractivity (Wildman–Crippen MR) is 109 cm³/mol. The molecular formula is C22H29N3O. The van der Waals surface area contributed by atoms with Crippen LogP contribution in [0.5, 0.6) is 0 Å². The van der Waals surface area contributed by atoms with Gasteiger partial charge in [0.15, 0.2) is 0 Å². The second kappa shape index (κ2) is 8.86. The molecule has 0 aliphatic carbocycles. The van der Waals surface area contributed by atoms with Crippen molar-refractivity contribution in [1.29, 1.82) is 0 Å². The number of hydrogen-bond donors (Lipinski definition) is 1. The maximum atomic E-state index is 12.8. The molecular weight excluding hydrogens is 322 g/mol. The summed E-state index contributed by atoms with van der Waals surface area (Å²) in [6.45, 7) is 6.40. The quantitative estimate of drug-likeness (QED) is 0.856. The number of likely N-dealkylation sites (N-methyl/N-ethyl adjacent to an activating group) is 1. The summed E-state index contributed by atoms with van der Waals surface area (Å²) in [4.78, 5) is 17.5. The van der Waals surface area contributed by atoms with Crippen molar-refractivity contribution < 1.29 is 4.79 Å². The number of benzene rings is 2. The summed E-state index contributed by atoms with van der Waals surface area (Å²) >= 11 is 0. The summed E-state index contributed by atoms with van der Waals surface area (Å²) in [5.74, 6) is -0.0242. The van der Waals surface area contributed by atoms with Crippen molar-refractivity contribution >= 4 is 17.3 Å². The van der Waals surface area contributed by atoms with Crippen LogP contribution in [0, 0.1) is 0 Å². The monoisotopic (exact) mass is 351 g/mol. The van der Waals surface area contributed by atoms with Gasteiger partial charge in [-0.2, -0.15) is 0 Å². The van der Waals surface area contributed by atoms with Crippen LogP contribution in [0.3, 0.4) is 0 Å². The molecule has 1 atom stereocenters. The van der Waals surface area contributed by atoms with Crippen LogP contribution in [0.4, 0.5) is 11.4 Å². The molecule has 0 bridgehead atoms. The van der Waals surface area contributed by atoms with Crippen molar-refractivity contribution in [3.8, 4) is 0 Å². The number of carbonyl (C=O) groups excluding carboxylic acids is 1. The first kappa shape index (κ1) is 18.5. The molecule has 1 fully saturated rings. The zero-order valence-corrected chi connectivity index (χ0v) is 15.8. The van der Waals surface area contributed by atoms with E-state index >= 15 is 0 Å². The fraction of sp³-hybridized carbons (Fsp3) is 0.409. The average molecular weight is 351 g/mol. The Morgan fingerprint density at radius 3 is 2.27 bits per heavy atom. The maximum Gasteiger partial charge on any atom is 0.231 e. The Morgan fingerprint density at radius 2 is 1.65 bits per heavy atom. The minimum Gasteiger partial charge on any atom is -0.369 e. The number of nitrogens with one attached hydrogen (secondary N) is 1. The van der Waals surface area contributed by atoms with Gasteiger partial charge in [-0.3, -0.25) is 4.79 Å². The molecule has 4 nitrogen and oxygen atoms in total. The maximum absolute atomic E-state index is 12.8. The number of anilines is 2. The van der Waals surface area contributed by atoms with E-state index in [0.29, 0.717) is 0 Å². The molecule has 0 aromatic heterocycles. The van der Waals surface area contributed by atoms with Crippen LogP contribution < -0.4 is 10.2 Å². The van der Waals surface area contributed by atoms with Gasteiger partial charge >= 0.3 is 0 Å². The minimum atomic E-state index is -0.0986. The lowest BCUT2D eigenvalue weighted by Gasteiger charge is -2.34. The summed E-state index contributed by atoms with van der Waals surface area (Å²) in [6.07, 6.45) is 1.84. The van der Waals surface area contributed by atoms with Crippen LogP contribution in [-0.2, 0) is 4.79 Å². The number of piperazine rings is 1. The Morgan fingerprint density at radius 1 is 1.00 bits per heavy atom. The van der Waals surface area contributed by atoms with Crippen molar-refractivity contribution in [1.82, 2.24) is 4.90 Å². The molecule has 0 spiro atoms. The molecule has 4 heteroatoms. The molecule has 26 heavy (non-hydrogen) atoms. The molecule has 1 saturated heterocycles. The summed E-state index contributed by atoms with van der Waals surface area (Å²) in [6, 6.07) is 18.3. The highest BCUT2D eigenvalue weighted by molar-refractivity contribution is 5.96. The van der Waals surface area contributed by atoms with Gasteiger partial charge in [-0.05, 0) is 43.3 Å². The Hall–Kier alpha value is -2.33. The van der Waals surface area contributed by atoms with E-state index in [2.05, 4.69) is 41.2 Å². The van der Waals surface area contributed by atoms with E-state index in [1.807, 2.05) is 42.5 Å². The van der Waals surface area contributed by atoms with Gasteiger partial charge in [-0.1, -0.05) is 43.7 Å². The number of rotatable bonds is 6. The smallest absolute Gasteiger partial charge is 0.231 e. The van der Waals surface area contributed by atoms with Gasteiger partial charge in [-0.15, -0.1) is 0 Å². The number of nitrogens with zero attached hydrogens (tertiary/aromatic N) is 2. The van der Waals surface area contributed by atoms with Gasteiger partial charge in [0.1, 0.15) is 0 Å². The standard InChI is InChI=1S/C22H29N3O/c1-3-7-21(18-8-5-4-6-9-18)22(26)23-19-10-12-20(13-11-19)25-16-14-24(2)15-17-25/h4-6,8-13,21H,3,7,14-17H2,1-2H3,(H,23,26)/t21-/m1/s1. The Kier molecular flexibility index (Phi) is 6.29. The van der Waals surface area contributed by atoms with Crippen LogP contribution in [0.25, 0.3) is 0 Å². The number of carbonyl (C=O) groups is 1. The second-order valence-corrected chi connectivity index (χ2v) is 7.08. The number of amides is 1. The van der Waals surface area contributed by atoms with Crippen LogP contribution in [0.2, 0.25) is 0 Å². The molecule has 1 aliphatic heterocycles. The fourth-order valence-corrected chi connectivity index (χ4v) is 3.47. The largest absolute Gasteiger partial charge is 0.369 e. The SMILES string of the molecule is CCC[C@@H](C(=O)Nc1ccc(N2CCN(C)CC2)cc1)c1ccccc1. The van der Waals surface area contributed by atoms with E-state index in [1.165, 1.54) is 5.69 Å². The highest BCUT2D eigenvalue weighted by Crippen LogP contribution is 2.24. The molecule has 2 aromatic carbocycles. The van der Waals surface area contributed by atoms with E-state index < -0.39 is 0 Å². The molecule has 0 unspecified atom stereocenters. The van der Waals surface area contributed by atoms with Crippen molar-refractivity contribution in [3.63, 3.8) is 0 Å². The zero-order valence-electron chi connectivity index (χ0n) is 15.8. The van der Waals surface area contributed by atoms with Crippen molar-refractivity contribution in [2.45, 2.75) is 25.7 Å². The second-order valence-electron chi connectivity index (χ2n) is 7.08. The van der Waals surface area contributed by atoms with Gasteiger partial charge in [0.2, 0.25) is 5.91 Å². The Bertz CT molecular complexity index is 691. The molecule has 3 rings (SSSR count). The summed E-state index contributed by atoms with van der Waals surface area (Å²) in [5.41, 5.74) is 3.18. The third kappa shape index (κ3) is 4.64. The van der Waals surface area contributed by atoms with E-state index in [-0.39, 0.29) is 11.8 Å². The highest BCUT2D eigenvalue weighted by Gasteiger charge is 2.20. The Balaban J connectivity index is 1.65. The van der Waals surface area contributed by atoms with Crippen molar-refractivity contribution in [2.24, 2.45) is 0 Å². The van der Waals surface area contributed by atoms with Gasteiger partial charge < -0.3 is 15.1 Å². The third-order valence-corrected chi connectivity index (χ3v) is 5.10. The molecule has 138 valence electrons. The molecule has 1 N–H and O–H groups in total. The van der Waals surface area contributed by atoms with Crippen LogP contribution in [-0.4, -0.2) is 44.0 Å². The van der Waals surface area contributed by atoms with Gasteiger partial charge in [0, 0.05) is 37.6 Å². The summed E-state index contributed by atoms with van der Waals surface area (Å²) < 4.78 is 0. The third-order valence-electron chi connectivity index (χ3n) is 5.10. The summed E-state index contributed by atoms with van der Waals surface area (Å²) in [7, 11) is 2.16. The molecule has 1 heterocycles. The topological polar surface area (TPSA) is 35.6 Å². The van der Waals surface area contributed by atoms with E-state index in [1.54, 1.807) is 0 Å². The highest BCUT2D eigenvalue weighted by atomic mass is 16.1. The first-order chi connectivity index (χ1) is 12.7. The van der Waals surface area contributed by atoms with E-state index in [9.17, 15) is 4.79 Å². The molecule has 1 amide bonds. The first-order valence-electron chi connectivity index (χ1n) is 9.56. The zero-order chi connectivity index (χ0) is 18.4. The van der Waals surface area contributed by atoms with Gasteiger partial charge in [0.25, 0.3) is 0 Å². The van der Waals surface area contributed by atoms with E-state index in [0.717, 1.165) is 50.3 Å². The molecule has 0 saturated carbocycles. The minimum absolute atomic E-state index is 0.0744. The van der Waals surface area contributed by atoms with Crippen LogP contribution in [0.1, 0.15) is 31.2 Å². The normalized spacial score (nSPS) is 16.3. The lowest BCUT2D eigenvalue weighted by molar-refractivity contribution is -0.117. The van der Waals surface area contributed by atoms with E-state index in [4.69, 9.17) is 0 Å². The van der Waals surface area contributed by atoms with Crippen molar-refractivity contribution in [3.05, 3.63) is 60.2 Å². The fourth-order valence-electron chi connectivity index (χ4n) is 3.47. The van der Waals surface area contributed by atoms with Crippen LogP contribution >= 0.6 is 0 Å². The molecule has 1 aliphatic rings. The summed E-state index contributed by atoms with van der Waals surface area (Å²) in [5, 5.41) is 3.10. The molecule has 0 radical (unpaired) electrons. The van der Waals surface area contributed by atoms with Gasteiger partial charge in [-0.25, -0.2) is 0 Å².